The molecule has 0 bridgehead atoms. The quantitative estimate of drug-likeness (QED) is 0.486. The molecule has 1 aliphatic rings. The van der Waals surface area contributed by atoms with E-state index < -0.39 is 11.7 Å². The van der Waals surface area contributed by atoms with E-state index in [1.807, 2.05) is 12.1 Å². The van der Waals surface area contributed by atoms with Crippen molar-refractivity contribution in [2.24, 2.45) is 0 Å². The minimum absolute atomic E-state index is 0.0694. The number of halogens is 1. The Bertz CT molecular complexity index is 895. The first-order valence-corrected chi connectivity index (χ1v) is 8.83. The molecule has 0 aliphatic carbocycles. The summed E-state index contributed by atoms with van der Waals surface area (Å²) in [5.74, 6) is -1.04. The highest BCUT2D eigenvalue weighted by molar-refractivity contribution is 6.09. The normalized spacial score (nSPS) is 14.5. The fourth-order valence-corrected chi connectivity index (χ4v) is 3.03. The van der Waals surface area contributed by atoms with Crippen LogP contribution in [0.4, 0.5) is 15.8 Å². The van der Waals surface area contributed by atoms with Crippen LogP contribution in [0.1, 0.15) is 24.8 Å². The molecule has 1 heterocycles. The molecular formula is C21H20FN3O2. The molecule has 0 saturated carbocycles. The number of phenolic OH excluding ortho intramolecular Hbond substituents is 1. The van der Waals surface area contributed by atoms with E-state index in [-0.39, 0.29) is 16.9 Å². The zero-order valence-electron chi connectivity index (χ0n) is 14.8. The summed E-state index contributed by atoms with van der Waals surface area (Å²) in [4.78, 5) is 14.4. The van der Waals surface area contributed by atoms with E-state index in [1.54, 1.807) is 6.07 Å². The molecule has 0 radical (unpaired) electrons. The lowest BCUT2D eigenvalue weighted by molar-refractivity contribution is -0.112. The fourth-order valence-electron chi connectivity index (χ4n) is 3.03. The van der Waals surface area contributed by atoms with E-state index in [0.717, 1.165) is 31.6 Å². The highest BCUT2D eigenvalue weighted by Gasteiger charge is 2.14. The van der Waals surface area contributed by atoms with Gasteiger partial charge in [0.25, 0.3) is 5.91 Å². The summed E-state index contributed by atoms with van der Waals surface area (Å²) < 4.78 is 14.5. The monoisotopic (exact) mass is 365 g/mol. The predicted molar refractivity (Wildman–Crippen MR) is 103 cm³/mol. The maximum absolute atomic E-state index is 14.5. The largest absolute Gasteiger partial charge is 0.508 e. The second kappa shape index (κ2) is 8.37. The molecule has 1 amide bonds. The van der Waals surface area contributed by atoms with Crippen LogP contribution in [0.2, 0.25) is 0 Å². The Morgan fingerprint density at radius 3 is 2.48 bits per heavy atom. The Balaban J connectivity index is 1.77. The second-order valence-corrected chi connectivity index (χ2v) is 6.42. The number of hydrogen-bond donors (Lipinski definition) is 2. The van der Waals surface area contributed by atoms with Crippen LogP contribution in [0.25, 0.3) is 6.08 Å². The van der Waals surface area contributed by atoms with Gasteiger partial charge < -0.3 is 15.3 Å². The molecule has 1 aliphatic heterocycles. The lowest BCUT2D eigenvalue weighted by Gasteiger charge is -2.28. The van der Waals surface area contributed by atoms with Gasteiger partial charge in [-0.3, -0.25) is 4.79 Å². The fraction of sp³-hybridized carbons (Fsp3) is 0.238. The van der Waals surface area contributed by atoms with Gasteiger partial charge in [0.2, 0.25) is 0 Å². The van der Waals surface area contributed by atoms with Gasteiger partial charge in [-0.1, -0.05) is 0 Å². The number of aromatic hydroxyl groups is 1. The number of hydrogen-bond acceptors (Lipinski definition) is 4. The molecule has 1 fully saturated rings. The van der Waals surface area contributed by atoms with Crippen LogP contribution >= 0.6 is 0 Å². The molecule has 0 unspecified atom stereocenters. The van der Waals surface area contributed by atoms with E-state index in [1.165, 1.54) is 42.8 Å². The van der Waals surface area contributed by atoms with Crippen LogP contribution in [-0.2, 0) is 4.79 Å². The second-order valence-electron chi connectivity index (χ2n) is 6.42. The Morgan fingerprint density at radius 2 is 1.85 bits per heavy atom. The van der Waals surface area contributed by atoms with Crippen molar-refractivity contribution < 1.29 is 14.3 Å². The van der Waals surface area contributed by atoms with Crippen LogP contribution in [-0.4, -0.2) is 24.1 Å². The zero-order chi connectivity index (χ0) is 19.2. The number of piperidine rings is 1. The standard InChI is InChI=1S/C21H20FN3O2/c22-20-13-18(25-10-2-1-3-11-25)7-4-15(20)12-16(14-23)21(27)24-17-5-8-19(26)9-6-17/h4-9,12-13,26H,1-3,10-11H2,(H,24,27)/b16-12-. The number of carbonyl (C=O) groups is 1. The van der Waals surface area contributed by atoms with Gasteiger partial charge in [0.05, 0.1) is 0 Å². The summed E-state index contributed by atoms with van der Waals surface area (Å²) in [5.41, 5.74) is 1.23. The molecule has 2 aromatic rings. The van der Waals surface area contributed by atoms with E-state index in [4.69, 9.17) is 0 Å². The van der Waals surface area contributed by atoms with Crippen LogP contribution < -0.4 is 10.2 Å². The van der Waals surface area contributed by atoms with Crippen molar-refractivity contribution in [2.75, 3.05) is 23.3 Å². The van der Waals surface area contributed by atoms with Gasteiger partial charge in [0.15, 0.2) is 0 Å². The van der Waals surface area contributed by atoms with Gasteiger partial charge in [0.1, 0.15) is 23.2 Å². The molecular weight excluding hydrogens is 345 g/mol. The Kier molecular flexibility index (Phi) is 5.72. The average Bonchev–Trinajstić information content (AvgIpc) is 2.69. The number of nitriles is 1. The third-order valence-electron chi connectivity index (χ3n) is 4.50. The number of benzene rings is 2. The molecule has 0 atom stereocenters. The summed E-state index contributed by atoms with van der Waals surface area (Å²) in [6.45, 7) is 1.82. The minimum atomic E-state index is -0.636. The van der Waals surface area contributed by atoms with Gasteiger partial charge in [-0.25, -0.2) is 4.39 Å². The highest BCUT2D eigenvalue weighted by Crippen LogP contribution is 2.24. The third kappa shape index (κ3) is 4.64. The van der Waals surface area contributed by atoms with Gasteiger partial charge in [-0.05, 0) is 67.8 Å². The molecule has 2 aromatic carbocycles. The molecule has 0 spiro atoms. The smallest absolute Gasteiger partial charge is 0.266 e. The van der Waals surface area contributed by atoms with E-state index in [2.05, 4.69) is 10.2 Å². The molecule has 6 heteroatoms. The Hall–Kier alpha value is -3.33. The van der Waals surface area contributed by atoms with Gasteiger partial charge >= 0.3 is 0 Å². The number of amides is 1. The Labute approximate surface area is 157 Å². The van der Waals surface area contributed by atoms with Crippen LogP contribution in [0.15, 0.2) is 48.0 Å². The molecule has 5 nitrogen and oxygen atoms in total. The number of phenols is 1. The summed E-state index contributed by atoms with van der Waals surface area (Å²) in [6, 6.07) is 12.5. The predicted octanol–water partition coefficient (Wildman–Crippen LogP) is 4.07. The van der Waals surface area contributed by atoms with Crippen molar-refractivity contribution in [1.29, 1.82) is 5.26 Å². The van der Waals surface area contributed by atoms with Gasteiger partial charge in [0, 0.05) is 30.0 Å². The van der Waals surface area contributed by atoms with Crippen molar-refractivity contribution in [2.45, 2.75) is 19.3 Å². The van der Waals surface area contributed by atoms with Gasteiger partial charge in [-0.2, -0.15) is 5.26 Å². The number of nitrogens with one attached hydrogen (secondary N) is 1. The average molecular weight is 365 g/mol. The third-order valence-corrected chi connectivity index (χ3v) is 4.50. The molecule has 1 saturated heterocycles. The van der Waals surface area contributed by atoms with Crippen LogP contribution in [0.5, 0.6) is 5.75 Å². The van der Waals surface area contributed by atoms with Gasteiger partial charge in [-0.15, -0.1) is 0 Å². The molecule has 138 valence electrons. The number of nitrogens with zero attached hydrogens (tertiary/aromatic N) is 2. The molecule has 3 rings (SSSR count). The summed E-state index contributed by atoms with van der Waals surface area (Å²) in [5, 5.41) is 21.1. The lowest BCUT2D eigenvalue weighted by Crippen LogP contribution is -2.29. The van der Waals surface area contributed by atoms with E-state index >= 15 is 0 Å². The van der Waals surface area contributed by atoms with Crippen molar-refractivity contribution in [3.8, 4) is 11.8 Å². The number of rotatable bonds is 4. The van der Waals surface area contributed by atoms with Crippen LogP contribution in [0, 0.1) is 17.1 Å². The van der Waals surface area contributed by atoms with Crippen molar-refractivity contribution in [1.82, 2.24) is 0 Å². The van der Waals surface area contributed by atoms with Crippen molar-refractivity contribution in [3.63, 3.8) is 0 Å². The van der Waals surface area contributed by atoms with Crippen molar-refractivity contribution >= 4 is 23.4 Å². The lowest BCUT2D eigenvalue weighted by atomic mass is 10.1. The summed E-state index contributed by atoms with van der Waals surface area (Å²) in [6.07, 6.45) is 4.63. The Morgan fingerprint density at radius 1 is 1.15 bits per heavy atom. The van der Waals surface area contributed by atoms with E-state index in [0.29, 0.717) is 5.69 Å². The first-order valence-electron chi connectivity index (χ1n) is 8.83. The topological polar surface area (TPSA) is 76.4 Å². The van der Waals surface area contributed by atoms with Crippen molar-refractivity contribution in [3.05, 3.63) is 59.4 Å². The molecule has 0 aromatic heterocycles. The summed E-state index contributed by atoms with van der Waals surface area (Å²) >= 11 is 0. The molecule has 27 heavy (non-hydrogen) atoms. The first kappa shape index (κ1) is 18.5. The molecule has 2 N–H and O–H groups in total. The zero-order valence-corrected chi connectivity index (χ0v) is 14.8. The first-order chi connectivity index (χ1) is 13.1. The maximum atomic E-state index is 14.5. The summed E-state index contributed by atoms with van der Waals surface area (Å²) in [7, 11) is 0. The highest BCUT2D eigenvalue weighted by atomic mass is 19.1. The van der Waals surface area contributed by atoms with E-state index in [9.17, 15) is 19.6 Å². The number of carbonyl (C=O) groups excluding carboxylic acids is 1. The minimum Gasteiger partial charge on any atom is -0.508 e. The maximum Gasteiger partial charge on any atom is 0.266 e. The number of anilines is 2. The van der Waals surface area contributed by atoms with Crippen LogP contribution in [0.3, 0.4) is 0 Å². The SMILES string of the molecule is N#C/C(=C/c1ccc(N2CCCCC2)cc1F)C(=O)Nc1ccc(O)cc1.